The van der Waals surface area contributed by atoms with Crippen molar-refractivity contribution in [1.82, 2.24) is 14.9 Å². The SMILES string of the molecule is CCOP(=O)(CCCCN1C/C(=C\c2cccnc2)C(=O)/C(=C/c2cccnc2)C1)OCC. The molecule has 0 bridgehead atoms. The van der Waals surface area contributed by atoms with Crippen LogP contribution in [0.15, 0.2) is 60.2 Å². The molecule has 0 spiro atoms. The Morgan fingerprint density at radius 3 is 1.94 bits per heavy atom. The molecule has 7 nitrogen and oxygen atoms in total. The molecular formula is C25H32N3O4P. The van der Waals surface area contributed by atoms with Crippen LogP contribution in [0.1, 0.15) is 37.8 Å². The van der Waals surface area contributed by atoms with Gasteiger partial charge < -0.3 is 9.05 Å². The van der Waals surface area contributed by atoms with Gasteiger partial charge in [0.15, 0.2) is 5.78 Å². The topological polar surface area (TPSA) is 81.6 Å². The van der Waals surface area contributed by atoms with Crippen molar-refractivity contribution in [3.63, 3.8) is 0 Å². The molecule has 2 aromatic rings. The highest BCUT2D eigenvalue weighted by Crippen LogP contribution is 2.48. The van der Waals surface area contributed by atoms with Gasteiger partial charge in [-0.25, -0.2) is 0 Å². The highest BCUT2D eigenvalue weighted by Gasteiger charge is 2.27. The molecule has 3 rings (SSSR count). The Morgan fingerprint density at radius 2 is 1.48 bits per heavy atom. The lowest BCUT2D eigenvalue weighted by Gasteiger charge is -2.30. The monoisotopic (exact) mass is 469 g/mol. The minimum Gasteiger partial charge on any atom is -0.309 e. The molecule has 33 heavy (non-hydrogen) atoms. The van der Waals surface area contributed by atoms with Gasteiger partial charge in [0.2, 0.25) is 0 Å². The third-order valence-electron chi connectivity index (χ3n) is 5.23. The standard InChI is InChI=1S/C25H32N3O4P/c1-3-31-33(30,32-4-2)14-6-5-13-28-19-23(15-21-9-7-11-26-17-21)25(29)24(20-28)16-22-10-8-12-27-18-22/h7-12,15-18H,3-6,13-14,19-20H2,1-2H3/b23-15+,24-16+. The molecule has 0 aliphatic carbocycles. The number of pyridine rings is 2. The van der Waals surface area contributed by atoms with Crippen LogP contribution in [0.25, 0.3) is 12.2 Å². The third-order valence-corrected chi connectivity index (χ3v) is 7.40. The van der Waals surface area contributed by atoms with Gasteiger partial charge in [0.05, 0.1) is 19.4 Å². The largest absolute Gasteiger partial charge is 0.330 e. The van der Waals surface area contributed by atoms with E-state index in [2.05, 4.69) is 14.9 Å². The first-order chi connectivity index (χ1) is 16.0. The quantitative estimate of drug-likeness (QED) is 0.264. The summed E-state index contributed by atoms with van der Waals surface area (Å²) in [6.45, 7) is 6.29. The second-order valence-electron chi connectivity index (χ2n) is 7.83. The Kier molecular flexibility index (Phi) is 9.70. The van der Waals surface area contributed by atoms with Gasteiger partial charge in [-0.3, -0.25) is 24.2 Å². The number of hydrogen-bond acceptors (Lipinski definition) is 7. The fourth-order valence-electron chi connectivity index (χ4n) is 3.79. The Labute approximate surface area is 196 Å². The van der Waals surface area contributed by atoms with Crippen LogP contribution in [0.2, 0.25) is 0 Å². The molecule has 0 saturated carbocycles. The maximum atomic E-state index is 13.2. The Bertz CT molecular complexity index is 937. The number of hydrogen-bond donors (Lipinski definition) is 0. The van der Waals surface area contributed by atoms with Crippen LogP contribution >= 0.6 is 7.60 Å². The van der Waals surface area contributed by atoms with E-state index in [1.165, 1.54) is 0 Å². The van der Waals surface area contributed by atoms with Crippen molar-refractivity contribution in [2.75, 3.05) is 39.0 Å². The molecule has 1 aliphatic heterocycles. The second kappa shape index (κ2) is 12.7. The molecule has 1 saturated heterocycles. The van der Waals surface area contributed by atoms with E-state index in [1.54, 1.807) is 24.8 Å². The number of carbonyl (C=O) groups is 1. The number of unbranched alkanes of at least 4 members (excludes halogenated alkanes) is 1. The number of likely N-dealkylation sites (tertiary alicyclic amines) is 1. The average Bonchev–Trinajstić information content (AvgIpc) is 2.81. The summed E-state index contributed by atoms with van der Waals surface area (Å²) in [6.07, 6.45) is 12.7. The first-order valence-electron chi connectivity index (χ1n) is 11.4. The second-order valence-corrected chi connectivity index (χ2v) is 10.0. The summed E-state index contributed by atoms with van der Waals surface area (Å²) in [5.41, 5.74) is 3.27. The van der Waals surface area contributed by atoms with Crippen molar-refractivity contribution >= 4 is 25.5 Å². The van der Waals surface area contributed by atoms with Gasteiger partial charge in [-0.05, 0) is 68.6 Å². The fraction of sp³-hybridized carbons (Fsp3) is 0.400. The number of piperidine rings is 1. The van der Waals surface area contributed by atoms with Crippen molar-refractivity contribution in [2.24, 2.45) is 0 Å². The fourth-order valence-corrected chi connectivity index (χ4v) is 5.52. The van der Waals surface area contributed by atoms with Crippen LogP contribution in [0, 0.1) is 0 Å². The van der Waals surface area contributed by atoms with E-state index in [0.717, 1.165) is 41.7 Å². The first kappa shape index (κ1) is 25.2. The minimum absolute atomic E-state index is 0.0520. The molecular weight excluding hydrogens is 437 g/mol. The average molecular weight is 470 g/mol. The molecule has 176 valence electrons. The molecule has 1 aliphatic rings. The van der Waals surface area contributed by atoms with Gasteiger partial charge in [0, 0.05) is 49.0 Å². The zero-order valence-corrected chi connectivity index (χ0v) is 20.2. The third kappa shape index (κ3) is 7.83. The number of ketones is 1. The van der Waals surface area contributed by atoms with Gasteiger partial charge in [0.25, 0.3) is 0 Å². The lowest BCUT2D eigenvalue weighted by atomic mass is 9.94. The summed E-state index contributed by atoms with van der Waals surface area (Å²) in [6, 6.07) is 7.60. The number of nitrogens with zero attached hydrogens (tertiary/aromatic N) is 3. The highest BCUT2D eigenvalue weighted by atomic mass is 31.2. The van der Waals surface area contributed by atoms with Crippen LogP contribution in [-0.4, -0.2) is 59.7 Å². The summed E-state index contributed by atoms with van der Waals surface area (Å²) in [4.78, 5) is 23.8. The van der Waals surface area contributed by atoms with Gasteiger partial charge in [-0.15, -0.1) is 0 Å². The van der Waals surface area contributed by atoms with Crippen molar-refractivity contribution in [3.8, 4) is 0 Å². The van der Waals surface area contributed by atoms with Crippen molar-refractivity contribution < 1.29 is 18.4 Å². The summed E-state index contributed by atoms with van der Waals surface area (Å²) in [5, 5.41) is 0. The van der Waals surface area contributed by atoms with Gasteiger partial charge in [0.1, 0.15) is 0 Å². The van der Waals surface area contributed by atoms with Crippen LogP contribution < -0.4 is 0 Å². The van der Waals surface area contributed by atoms with Gasteiger partial charge >= 0.3 is 7.60 Å². The lowest BCUT2D eigenvalue weighted by Crippen LogP contribution is -2.38. The van der Waals surface area contributed by atoms with Crippen LogP contribution in [0.4, 0.5) is 0 Å². The molecule has 3 heterocycles. The van der Waals surface area contributed by atoms with Crippen molar-refractivity contribution in [2.45, 2.75) is 26.7 Å². The van der Waals surface area contributed by atoms with Gasteiger partial charge in [-0.1, -0.05) is 12.1 Å². The zero-order valence-electron chi connectivity index (χ0n) is 19.4. The lowest BCUT2D eigenvalue weighted by molar-refractivity contribution is -0.113. The van der Waals surface area contributed by atoms with E-state index in [-0.39, 0.29) is 5.78 Å². The molecule has 0 aromatic carbocycles. The van der Waals surface area contributed by atoms with Crippen molar-refractivity contribution in [1.29, 1.82) is 0 Å². The predicted molar refractivity (Wildman–Crippen MR) is 131 cm³/mol. The Balaban J connectivity index is 1.71. The van der Waals surface area contributed by atoms with Gasteiger partial charge in [-0.2, -0.15) is 0 Å². The van der Waals surface area contributed by atoms with E-state index >= 15 is 0 Å². The zero-order chi connectivity index (χ0) is 23.5. The Hall–Kier alpha value is -2.44. The van der Waals surface area contributed by atoms with Crippen LogP contribution in [0.5, 0.6) is 0 Å². The number of aromatic nitrogens is 2. The molecule has 8 heteroatoms. The molecule has 2 aromatic heterocycles. The summed E-state index contributed by atoms with van der Waals surface area (Å²) < 4.78 is 23.5. The number of rotatable bonds is 11. The predicted octanol–water partition coefficient (Wildman–Crippen LogP) is 4.87. The first-order valence-corrected chi connectivity index (χ1v) is 13.1. The molecule has 0 radical (unpaired) electrons. The summed E-state index contributed by atoms with van der Waals surface area (Å²) in [7, 11) is -3.02. The smallest absolute Gasteiger partial charge is 0.309 e. The maximum absolute atomic E-state index is 13.2. The van der Waals surface area contributed by atoms with E-state index < -0.39 is 7.60 Å². The van der Waals surface area contributed by atoms with E-state index in [1.807, 2.05) is 50.3 Å². The Morgan fingerprint density at radius 1 is 0.939 bits per heavy atom. The van der Waals surface area contributed by atoms with Crippen LogP contribution in [0.3, 0.4) is 0 Å². The van der Waals surface area contributed by atoms with E-state index in [9.17, 15) is 9.36 Å². The molecule has 0 N–H and O–H groups in total. The minimum atomic E-state index is -3.02. The van der Waals surface area contributed by atoms with E-state index in [4.69, 9.17) is 9.05 Å². The highest BCUT2D eigenvalue weighted by molar-refractivity contribution is 7.53. The van der Waals surface area contributed by atoms with E-state index in [0.29, 0.717) is 32.5 Å². The molecule has 0 unspecified atom stereocenters. The molecule has 0 amide bonds. The number of Topliss-reactive ketones (excluding diaryl/α,β-unsaturated/α-hetero) is 1. The molecule has 0 atom stereocenters. The molecule has 1 fully saturated rings. The summed E-state index contributed by atoms with van der Waals surface area (Å²) >= 11 is 0. The maximum Gasteiger partial charge on any atom is 0.330 e. The van der Waals surface area contributed by atoms with Crippen molar-refractivity contribution in [3.05, 3.63) is 71.3 Å². The van der Waals surface area contributed by atoms with Crippen LogP contribution in [-0.2, 0) is 18.4 Å². The summed E-state index contributed by atoms with van der Waals surface area (Å²) in [5.74, 6) is 0.0520. The normalized spacial score (nSPS) is 17.7. The number of carbonyl (C=O) groups excluding carboxylic acids is 1.